The third-order valence-corrected chi connectivity index (χ3v) is 3.98. The van der Waals surface area contributed by atoms with Crippen LogP contribution in [0.25, 0.3) is 0 Å². The second kappa shape index (κ2) is 8.54. The van der Waals surface area contributed by atoms with E-state index in [9.17, 15) is 9.18 Å². The molecular weight excluding hydrogens is 321 g/mol. The summed E-state index contributed by atoms with van der Waals surface area (Å²) in [5.74, 6) is -0.502. The fraction of sp³-hybridized carbons (Fsp3) is 0.400. The number of ether oxygens (including phenoxy) is 1. The predicted molar refractivity (Wildman–Crippen MR) is 85.5 cm³/mol. The fourth-order valence-corrected chi connectivity index (χ4v) is 2.70. The maximum absolute atomic E-state index is 12.9. The van der Waals surface area contributed by atoms with Gasteiger partial charge in [0, 0.05) is 38.2 Å². The molecule has 0 aliphatic rings. The first-order valence-electron chi connectivity index (χ1n) is 7.11. The molecular formula is C15H18FN3O3S. The molecule has 6 nitrogen and oxygen atoms in total. The summed E-state index contributed by atoms with van der Waals surface area (Å²) >= 11 is 1.22. The number of carboxylic acid groups (broad SMARTS) is 1. The molecule has 0 radical (unpaired) electrons. The number of hydrogen-bond acceptors (Lipinski definition) is 6. The molecule has 1 N–H and O–H groups in total. The first-order chi connectivity index (χ1) is 11.1. The lowest BCUT2D eigenvalue weighted by Crippen LogP contribution is -2.29. The minimum Gasteiger partial charge on any atom is -0.481 e. The molecule has 8 heteroatoms. The van der Waals surface area contributed by atoms with Crippen molar-refractivity contribution in [2.75, 3.05) is 31.7 Å². The summed E-state index contributed by atoms with van der Waals surface area (Å²) in [5, 5.41) is 9.50. The number of anilines is 1. The average Bonchev–Trinajstić information content (AvgIpc) is 2.98. The first-order valence-corrected chi connectivity index (χ1v) is 7.88. The molecule has 1 heterocycles. The number of methoxy groups -OCH3 is 1. The quantitative estimate of drug-likeness (QED) is 0.755. The van der Waals surface area contributed by atoms with Gasteiger partial charge >= 0.3 is 5.97 Å². The van der Waals surface area contributed by atoms with Crippen LogP contribution in [0.2, 0.25) is 0 Å². The number of aliphatic carboxylic acids is 1. The van der Waals surface area contributed by atoms with Gasteiger partial charge in [0.2, 0.25) is 5.13 Å². The topological polar surface area (TPSA) is 75.5 Å². The van der Waals surface area contributed by atoms with E-state index in [1.165, 1.54) is 23.7 Å². The Labute approximate surface area is 137 Å². The van der Waals surface area contributed by atoms with E-state index in [1.54, 1.807) is 19.2 Å². The van der Waals surface area contributed by atoms with Gasteiger partial charge in [-0.05, 0) is 17.7 Å². The fourth-order valence-electron chi connectivity index (χ4n) is 1.96. The van der Waals surface area contributed by atoms with Crippen LogP contribution in [0.4, 0.5) is 9.52 Å². The van der Waals surface area contributed by atoms with Crippen molar-refractivity contribution < 1.29 is 19.0 Å². The monoisotopic (exact) mass is 339 g/mol. The number of hydrogen-bond donors (Lipinski definition) is 1. The van der Waals surface area contributed by atoms with E-state index >= 15 is 0 Å². The SMILES string of the molecule is COCCN(CCC(=O)O)c1nc(Cc2ccc(F)cc2)ns1. The zero-order valence-electron chi connectivity index (χ0n) is 12.7. The zero-order chi connectivity index (χ0) is 16.7. The molecule has 0 atom stereocenters. The summed E-state index contributed by atoms with van der Waals surface area (Å²) in [7, 11) is 1.59. The second-order valence-electron chi connectivity index (χ2n) is 4.92. The summed E-state index contributed by atoms with van der Waals surface area (Å²) in [4.78, 5) is 17.1. The van der Waals surface area contributed by atoms with Crippen LogP contribution in [0.15, 0.2) is 24.3 Å². The molecule has 2 rings (SSSR count). The molecule has 0 spiro atoms. The largest absolute Gasteiger partial charge is 0.481 e. The van der Waals surface area contributed by atoms with Crippen molar-refractivity contribution in [3.05, 3.63) is 41.5 Å². The van der Waals surface area contributed by atoms with Crippen molar-refractivity contribution in [1.29, 1.82) is 0 Å². The lowest BCUT2D eigenvalue weighted by Gasteiger charge is -2.19. The van der Waals surface area contributed by atoms with Gasteiger partial charge in [-0.3, -0.25) is 4.79 Å². The molecule has 23 heavy (non-hydrogen) atoms. The van der Waals surface area contributed by atoms with Crippen LogP contribution < -0.4 is 4.90 Å². The molecule has 0 unspecified atom stereocenters. The van der Waals surface area contributed by atoms with Crippen LogP contribution in [-0.4, -0.2) is 47.2 Å². The molecule has 0 fully saturated rings. The molecule has 0 saturated carbocycles. The lowest BCUT2D eigenvalue weighted by molar-refractivity contribution is -0.136. The van der Waals surface area contributed by atoms with E-state index in [0.717, 1.165) is 5.56 Å². The van der Waals surface area contributed by atoms with Crippen LogP contribution in [0.5, 0.6) is 0 Å². The van der Waals surface area contributed by atoms with Gasteiger partial charge < -0.3 is 14.7 Å². The lowest BCUT2D eigenvalue weighted by atomic mass is 10.1. The Hall–Kier alpha value is -2.06. The van der Waals surface area contributed by atoms with Crippen molar-refractivity contribution in [2.24, 2.45) is 0 Å². The Balaban J connectivity index is 2.03. The van der Waals surface area contributed by atoms with Crippen LogP contribution >= 0.6 is 11.5 Å². The predicted octanol–water partition coefficient (Wildman–Crippen LogP) is 2.20. The van der Waals surface area contributed by atoms with Gasteiger partial charge in [-0.2, -0.15) is 4.37 Å². The van der Waals surface area contributed by atoms with Crippen molar-refractivity contribution in [1.82, 2.24) is 9.36 Å². The molecule has 124 valence electrons. The third kappa shape index (κ3) is 5.57. The van der Waals surface area contributed by atoms with Crippen molar-refractivity contribution in [3.8, 4) is 0 Å². The maximum Gasteiger partial charge on any atom is 0.305 e. The van der Waals surface area contributed by atoms with E-state index in [4.69, 9.17) is 9.84 Å². The number of rotatable bonds is 9. The van der Waals surface area contributed by atoms with E-state index in [1.807, 2.05) is 4.90 Å². The minimum absolute atomic E-state index is 0.0244. The smallest absolute Gasteiger partial charge is 0.305 e. The normalized spacial score (nSPS) is 10.7. The van der Waals surface area contributed by atoms with Gasteiger partial charge in [-0.15, -0.1) is 0 Å². The van der Waals surface area contributed by atoms with Crippen LogP contribution in [0.1, 0.15) is 17.8 Å². The Bertz CT molecular complexity index is 633. The molecule has 0 saturated heterocycles. The van der Waals surface area contributed by atoms with E-state index in [-0.39, 0.29) is 12.2 Å². The van der Waals surface area contributed by atoms with E-state index in [2.05, 4.69) is 9.36 Å². The average molecular weight is 339 g/mol. The minimum atomic E-state index is -0.858. The third-order valence-electron chi connectivity index (χ3n) is 3.16. The first kappa shape index (κ1) is 17.3. The van der Waals surface area contributed by atoms with Crippen molar-refractivity contribution in [3.63, 3.8) is 0 Å². The highest BCUT2D eigenvalue weighted by atomic mass is 32.1. The van der Waals surface area contributed by atoms with Gasteiger partial charge in [-0.25, -0.2) is 9.37 Å². The molecule has 0 amide bonds. The van der Waals surface area contributed by atoms with Crippen LogP contribution in [0.3, 0.4) is 0 Å². The van der Waals surface area contributed by atoms with E-state index in [0.29, 0.717) is 37.1 Å². The number of aromatic nitrogens is 2. The molecule has 0 aliphatic carbocycles. The summed E-state index contributed by atoms with van der Waals surface area (Å²) in [5.41, 5.74) is 0.921. The molecule has 0 aliphatic heterocycles. The van der Waals surface area contributed by atoms with Crippen molar-refractivity contribution in [2.45, 2.75) is 12.8 Å². The van der Waals surface area contributed by atoms with Crippen LogP contribution in [-0.2, 0) is 16.0 Å². The number of carbonyl (C=O) groups is 1. The number of benzene rings is 1. The van der Waals surface area contributed by atoms with Gasteiger partial charge in [-0.1, -0.05) is 12.1 Å². The summed E-state index contributed by atoms with van der Waals surface area (Å²) in [6.45, 7) is 1.38. The molecule has 1 aromatic heterocycles. The Morgan fingerprint density at radius 2 is 2.09 bits per heavy atom. The molecule has 1 aromatic carbocycles. The Kier molecular flexibility index (Phi) is 6.42. The highest BCUT2D eigenvalue weighted by Gasteiger charge is 2.14. The summed E-state index contributed by atoms with van der Waals surface area (Å²) in [6, 6.07) is 6.20. The summed E-state index contributed by atoms with van der Waals surface area (Å²) in [6.07, 6.45) is 0.532. The Morgan fingerprint density at radius 3 is 2.74 bits per heavy atom. The molecule has 2 aromatic rings. The number of halogens is 1. The standard InChI is InChI=1S/C15H18FN3O3S/c1-22-9-8-19(7-6-14(20)21)15-17-13(18-23-15)10-11-2-4-12(16)5-3-11/h2-5H,6-10H2,1H3,(H,20,21). The zero-order valence-corrected chi connectivity index (χ0v) is 13.6. The maximum atomic E-state index is 12.9. The Morgan fingerprint density at radius 1 is 1.35 bits per heavy atom. The van der Waals surface area contributed by atoms with Gasteiger partial charge in [0.25, 0.3) is 0 Å². The van der Waals surface area contributed by atoms with Crippen molar-refractivity contribution >= 4 is 22.6 Å². The van der Waals surface area contributed by atoms with Gasteiger partial charge in [0.1, 0.15) is 11.6 Å². The highest BCUT2D eigenvalue weighted by Crippen LogP contribution is 2.19. The van der Waals surface area contributed by atoms with Gasteiger partial charge in [0.15, 0.2) is 0 Å². The van der Waals surface area contributed by atoms with Gasteiger partial charge in [0.05, 0.1) is 13.0 Å². The summed E-state index contributed by atoms with van der Waals surface area (Å²) < 4.78 is 22.3. The number of nitrogens with zero attached hydrogens (tertiary/aromatic N) is 3. The number of carboxylic acids is 1. The van der Waals surface area contributed by atoms with Crippen LogP contribution in [0, 0.1) is 5.82 Å². The molecule has 0 bridgehead atoms. The highest BCUT2D eigenvalue weighted by molar-refractivity contribution is 7.09. The second-order valence-corrected chi connectivity index (χ2v) is 5.65. The van der Waals surface area contributed by atoms with E-state index < -0.39 is 5.97 Å².